The number of rotatable bonds is 5. The van der Waals surface area contributed by atoms with Crippen LogP contribution in [-0.2, 0) is 13.0 Å². The van der Waals surface area contributed by atoms with Crippen molar-refractivity contribution >= 4 is 28.6 Å². The van der Waals surface area contributed by atoms with Gasteiger partial charge in [-0.05, 0) is 25.5 Å². The second kappa shape index (κ2) is 6.27. The van der Waals surface area contributed by atoms with Crippen LogP contribution in [-0.4, -0.2) is 10.9 Å². The quantitative estimate of drug-likeness (QED) is 0.891. The summed E-state index contributed by atoms with van der Waals surface area (Å²) in [6, 6.07) is 4.03. The molecular weight excluding hydrogens is 278 g/mol. The number of thiophene rings is 1. The maximum absolute atomic E-state index is 11.9. The van der Waals surface area contributed by atoms with Gasteiger partial charge < -0.3 is 11.1 Å². The van der Waals surface area contributed by atoms with Crippen LogP contribution in [0.1, 0.15) is 45.1 Å². The summed E-state index contributed by atoms with van der Waals surface area (Å²) in [5, 5.41) is 5.42. The predicted molar refractivity (Wildman–Crippen MR) is 79.6 cm³/mol. The van der Waals surface area contributed by atoms with E-state index in [1.807, 2.05) is 6.92 Å². The zero-order chi connectivity index (χ0) is 13.8. The highest BCUT2D eigenvalue weighted by Gasteiger charge is 2.12. The molecule has 2 aromatic heterocycles. The molecule has 102 valence electrons. The lowest BCUT2D eigenvalue weighted by atomic mass is 10.3. The highest BCUT2D eigenvalue weighted by molar-refractivity contribution is 7.12. The number of hydrogen-bond donors (Lipinski definition) is 2. The van der Waals surface area contributed by atoms with Crippen LogP contribution in [0.2, 0.25) is 0 Å². The topological polar surface area (TPSA) is 68.0 Å². The first-order chi connectivity index (χ1) is 9.10. The summed E-state index contributed by atoms with van der Waals surface area (Å²) in [7, 11) is 0. The Hall–Kier alpha value is -1.24. The Kier molecular flexibility index (Phi) is 4.68. The van der Waals surface area contributed by atoms with E-state index in [0.29, 0.717) is 12.2 Å². The zero-order valence-corrected chi connectivity index (χ0v) is 12.6. The van der Waals surface area contributed by atoms with E-state index in [9.17, 15) is 4.79 Å². The Morgan fingerprint density at radius 3 is 2.79 bits per heavy atom. The first-order valence-electron chi connectivity index (χ1n) is 6.17. The number of hydrogen-bond acceptors (Lipinski definition) is 5. The fourth-order valence-corrected chi connectivity index (χ4v) is 3.22. The van der Waals surface area contributed by atoms with Crippen molar-refractivity contribution in [2.45, 2.75) is 32.9 Å². The second-order valence-corrected chi connectivity index (χ2v) is 6.41. The molecule has 4 nitrogen and oxygen atoms in total. The van der Waals surface area contributed by atoms with Gasteiger partial charge in [-0.25, -0.2) is 4.98 Å². The Morgan fingerprint density at radius 2 is 2.21 bits per heavy atom. The van der Waals surface area contributed by atoms with Crippen LogP contribution in [0.4, 0.5) is 0 Å². The lowest BCUT2D eigenvalue weighted by Gasteiger charge is -2.01. The maximum atomic E-state index is 11.9. The number of carbonyl (C=O) groups excluding carboxylic acids is 1. The lowest BCUT2D eigenvalue weighted by molar-refractivity contribution is 0.0947. The van der Waals surface area contributed by atoms with Crippen molar-refractivity contribution in [1.29, 1.82) is 0 Å². The molecule has 1 atom stereocenters. The van der Waals surface area contributed by atoms with Crippen LogP contribution < -0.4 is 11.1 Å². The van der Waals surface area contributed by atoms with Crippen LogP contribution in [0, 0.1) is 0 Å². The number of nitrogens with zero attached hydrogens (tertiary/aromatic N) is 1. The summed E-state index contributed by atoms with van der Waals surface area (Å²) < 4.78 is 0. The standard InChI is InChI=1S/C13H17N3OS2/c1-3-9-4-5-10(19-9)6-15-12(17)11-7-18-13(16-11)8(2)14/h4-5,7-8H,3,6,14H2,1-2H3,(H,15,17). The molecule has 0 aliphatic rings. The number of nitrogens with one attached hydrogen (secondary N) is 1. The summed E-state index contributed by atoms with van der Waals surface area (Å²) in [4.78, 5) is 18.6. The smallest absolute Gasteiger partial charge is 0.271 e. The third-order valence-corrected chi connectivity index (χ3v) is 4.91. The molecule has 0 spiro atoms. The van der Waals surface area contributed by atoms with Crippen molar-refractivity contribution in [3.8, 4) is 0 Å². The maximum Gasteiger partial charge on any atom is 0.271 e. The first kappa shape index (κ1) is 14.2. The predicted octanol–water partition coefficient (Wildman–Crippen LogP) is 2.72. The summed E-state index contributed by atoms with van der Waals surface area (Å²) in [6.45, 7) is 4.53. The molecule has 2 aromatic rings. The molecule has 2 heterocycles. The van der Waals surface area contributed by atoms with Crippen LogP contribution in [0.25, 0.3) is 0 Å². The summed E-state index contributed by atoms with van der Waals surface area (Å²) in [6.07, 6.45) is 1.03. The molecule has 0 saturated carbocycles. The molecule has 6 heteroatoms. The van der Waals surface area contributed by atoms with E-state index in [1.54, 1.807) is 16.7 Å². The van der Waals surface area contributed by atoms with E-state index in [0.717, 1.165) is 16.3 Å². The highest BCUT2D eigenvalue weighted by atomic mass is 32.1. The molecule has 0 saturated heterocycles. The van der Waals surface area contributed by atoms with Crippen molar-refractivity contribution in [2.24, 2.45) is 5.73 Å². The number of thiazole rings is 1. The number of aryl methyl sites for hydroxylation is 1. The second-order valence-electron chi connectivity index (χ2n) is 4.26. The molecule has 0 aromatic carbocycles. The molecule has 2 rings (SSSR count). The molecular formula is C13H17N3OS2. The molecule has 0 bridgehead atoms. The van der Waals surface area contributed by atoms with Gasteiger partial charge in [0.1, 0.15) is 10.7 Å². The Morgan fingerprint density at radius 1 is 1.47 bits per heavy atom. The summed E-state index contributed by atoms with van der Waals surface area (Å²) >= 11 is 3.15. The van der Waals surface area contributed by atoms with Gasteiger partial charge in [-0.15, -0.1) is 22.7 Å². The minimum Gasteiger partial charge on any atom is -0.346 e. The Bertz CT molecular complexity index is 560. The van der Waals surface area contributed by atoms with Crippen LogP contribution >= 0.6 is 22.7 Å². The number of aromatic nitrogens is 1. The summed E-state index contributed by atoms with van der Waals surface area (Å²) in [5.41, 5.74) is 6.18. The van der Waals surface area contributed by atoms with E-state index in [2.05, 4.69) is 29.4 Å². The van der Waals surface area contributed by atoms with Crippen molar-refractivity contribution in [1.82, 2.24) is 10.3 Å². The third kappa shape index (κ3) is 3.62. The fraction of sp³-hybridized carbons (Fsp3) is 0.385. The Labute approximate surface area is 120 Å². The van der Waals surface area contributed by atoms with Gasteiger partial charge in [0.15, 0.2) is 0 Å². The van der Waals surface area contributed by atoms with E-state index >= 15 is 0 Å². The number of nitrogens with two attached hydrogens (primary N) is 1. The van der Waals surface area contributed by atoms with Crippen molar-refractivity contribution in [3.05, 3.63) is 38.0 Å². The lowest BCUT2D eigenvalue weighted by Crippen LogP contribution is -2.22. The molecule has 1 amide bonds. The average molecular weight is 295 g/mol. The van der Waals surface area contributed by atoms with Gasteiger partial charge in [-0.1, -0.05) is 6.92 Å². The summed E-state index contributed by atoms with van der Waals surface area (Å²) in [5.74, 6) is -0.144. The monoisotopic (exact) mass is 295 g/mol. The third-order valence-electron chi connectivity index (χ3n) is 2.63. The molecule has 0 fully saturated rings. The van der Waals surface area contributed by atoms with Gasteiger partial charge in [-0.3, -0.25) is 4.79 Å². The van der Waals surface area contributed by atoms with E-state index in [1.165, 1.54) is 16.2 Å². The van der Waals surface area contributed by atoms with Gasteiger partial charge in [0.05, 0.1) is 12.6 Å². The first-order valence-corrected chi connectivity index (χ1v) is 7.86. The zero-order valence-electron chi connectivity index (χ0n) is 11.0. The Balaban J connectivity index is 1.93. The van der Waals surface area contributed by atoms with Crippen LogP contribution in [0.3, 0.4) is 0 Å². The van der Waals surface area contributed by atoms with Crippen molar-refractivity contribution in [2.75, 3.05) is 0 Å². The number of carbonyl (C=O) groups is 1. The van der Waals surface area contributed by atoms with Crippen molar-refractivity contribution in [3.63, 3.8) is 0 Å². The highest BCUT2D eigenvalue weighted by Crippen LogP contribution is 2.18. The fourth-order valence-electron chi connectivity index (χ4n) is 1.57. The molecule has 0 aliphatic heterocycles. The van der Waals surface area contributed by atoms with Crippen LogP contribution in [0.5, 0.6) is 0 Å². The molecule has 0 aliphatic carbocycles. The van der Waals surface area contributed by atoms with E-state index in [4.69, 9.17) is 5.73 Å². The average Bonchev–Trinajstić information content (AvgIpc) is 3.04. The van der Waals surface area contributed by atoms with Crippen molar-refractivity contribution < 1.29 is 4.79 Å². The normalized spacial score (nSPS) is 12.4. The molecule has 3 N–H and O–H groups in total. The van der Waals surface area contributed by atoms with Gasteiger partial charge in [0.2, 0.25) is 0 Å². The number of amides is 1. The minimum atomic E-state index is -0.144. The van der Waals surface area contributed by atoms with E-state index < -0.39 is 0 Å². The SMILES string of the molecule is CCc1ccc(CNC(=O)c2csc(C(C)N)n2)s1. The molecule has 0 radical (unpaired) electrons. The molecule has 1 unspecified atom stereocenters. The van der Waals surface area contributed by atoms with E-state index in [-0.39, 0.29) is 11.9 Å². The van der Waals surface area contributed by atoms with Gasteiger partial charge in [-0.2, -0.15) is 0 Å². The van der Waals surface area contributed by atoms with Crippen LogP contribution in [0.15, 0.2) is 17.5 Å². The molecule has 19 heavy (non-hydrogen) atoms. The van der Waals surface area contributed by atoms with Gasteiger partial charge in [0, 0.05) is 15.1 Å². The van der Waals surface area contributed by atoms with Gasteiger partial charge >= 0.3 is 0 Å². The minimum absolute atomic E-state index is 0.129. The largest absolute Gasteiger partial charge is 0.346 e. The van der Waals surface area contributed by atoms with Gasteiger partial charge in [0.25, 0.3) is 5.91 Å².